The number of hydrogen-bond acceptors (Lipinski definition) is 4. The van der Waals surface area contributed by atoms with Crippen LogP contribution in [0.3, 0.4) is 0 Å². The van der Waals surface area contributed by atoms with Gasteiger partial charge in [0.05, 0.1) is 18.1 Å². The highest BCUT2D eigenvalue weighted by Crippen LogP contribution is 2.38. The molecule has 0 bridgehead atoms. The average molecular weight is 366 g/mol. The normalized spacial score (nSPS) is 28.7. The zero-order chi connectivity index (χ0) is 18.6. The molecular formula is C19H35N5O2. The molecule has 2 unspecified atom stereocenters. The van der Waals surface area contributed by atoms with Gasteiger partial charge in [-0.2, -0.15) is 0 Å². The third-order valence-corrected chi connectivity index (χ3v) is 6.20. The number of amides is 1. The van der Waals surface area contributed by atoms with Crippen LogP contribution in [-0.4, -0.2) is 87.7 Å². The van der Waals surface area contributed by atoms with Gasteiger partial charge in [-0.15, -0.1) is 0 Å². The number of nitrogens with zero attached hydrogens (tertiary/aromatic N) is 3. The maximum absolute atomic E-state index is 12.7. The van der Waals surface area contributed by atoms with Crippen LogP contribution in [0.25, 0.3) is 0 Å². The Balaban J connectivity index is 1.47. The molecule has 2 heterocycles. The van der Waals surface area contributed by atoms with Crippen molar-refractivity contribution in [3.8, 4) is 0 Å². The molecule has 0 radical (unpaired) electrons. The van der Waals surface area contributed by atoms with Crippen LogP contribution >= 0.6 is 0 Å². The van der Waals surface area contributed by atoms with Crippen LogP contribution in [0.1, 0.15) is 38.5 Å². The van der Waals surface area contributed by atoms with Crippen molar-refractivity contribution in [2.45, 2.75) is 50.7 Å². The number of carbonyl (C=O) groups is 1. The van der Waals surface area contributed by atoms with Gasteiger partial charge in [0.15, 0.2) is 5.96 Å². The Labute approximate surface area is 157 Å². The summed E-state index contributed by atoms with van der Waals surface area (Å²) in [6.45, 7) is 4.43. The monoisotopic (exact) mass is 365 g/mol. The number of ether oxygens (including phenoxy) is 1. The van der Waals surface area contributed by atoms with Crippen molar-refractivity contribution in [2.24, 2.45) is 10.4 Å². The molecule has 7 nitrogen and oxygen atoms in total. The number of guanidine groups is 1. The Hall–Kier alpha value is -1.34. The topological polar surface area (TPSA) is 69.2 Å². The molecule has 7 heteroatoms. The number of aliphatic imine (C=N–C) groups is 1. The van der Waals surface area contributed by atoms with Crippen LogP contribution in [0.2, 0.25) is 0 Å². The number of morpholine rings is 1. The van der Waals surface area contributed by atoms with E-state index >= 15 is 0 Å². The lowest BCUT2D eigenvalue weighted by Crippen LogP contribution is -2.53. The summed E-state index contributed by atoms with van der Waals surface area (Å²) in [6.07, 6.45) is 6.92. The second-order valence-electron chi connectivity index (χ2n) is 8.24. The fourth-order valence-electron chi connectivity index (χ4n) is 4.69. The molecule has 3 aliphatic rings. The van der Waals surface area contributed by atoms with E-state index < -0.39 is 0 Å². The van der Waals surface area contributed by atoms with Crippen LogP contribution in [-0.2, 0) is 9.53 Å². The lowest BCUT2D eigenvalue weighted by Gasteiger charge is -2.35. The summed E-state index contributed by atoms with van der Waals surface area (Å²) in [5.41, 5.74) is -0.286. The van der Waals surface area contributed by atoms with Crippen LogP contribution in [0.15, 0.2) is 4.99 Å². The van der Waals surface area contributed by atoms with Crippen molar-refractivity contribution in [3.63, 3.8) is 0 Å². The van der Waals surface area contributed by atoms with Gasteiger partial charge in [0.1, 0.15) is 0 Å². The summed E-state index contributed by atoms with van der Waals surface area (Å²) in [6, 6.07) is 0.628. The zero-order valence-electron chi connectivity index (χ0n) is 16.6. The molecule has 1 amide bonds. The van der Waals surface area contributed by atoms with Gasteiger partial charge in [-0.1, -0.05) is 12.8 Å². The van der Waals surface area contributed by atoms with Gasteiger partial charge in [0, 0.05) is 46.8 Å². The smallest absolute Gasteiger partial charge is 0.230 e. The highest BCUT2D eigenvalue weighted by Gasteiger charge is 2.42. The minimum Gasteiger partial charge on any atom is -0.373 e. The van der Waals surface area contributed by atoms with Gasteiger partial charge >= 0.3 is 0 Å². The van der Waals surface area contributed by atoms with Crippen molar-refractivity contribution in [3.05, 3.63) is 0 Å². The molecule has 0 spiro atoms. The van der Waals surface area contributed by atoms with Crippen LogP contribution in [0, 0.1) is 5.41 Å². The summed E-state index contributed by atoms with van der Waals surface area (Å²) in [5.74, 6) is 0.989. The predicted octanol–water partition coefficient (Wildman–Crippen LogP) is 0.663. The Kier molecular flexibility index (Phi) is 6.40. The van der Waals surface area contributed by atoms with Crippen LogP contribution < -0.4 is 10.6 Å². The first kappa shape index (κ1) is 19.4. The predicted molar refractivity (Wildman–Crippen MR) is 103 cm³/mol. The van der Waals surface area contributed by atoms with E-state index in [1.807, 2.05) is 14.1 Å². The first-order chi connectivity index (χ1) is 12.5. The average Bonchev–Trinajstić information content (AvgIpc) is 3.30. The lowest BCUT2D eigenvalue weighted by atomic mass is 9.84. The first-order valence-electron chi connectivity index (χ1n) is 10.1. The molecule has 3 fully saturated rings. The molecule has 26 heavy (non-hydrogen) atoms. The van der Waals surface area contributed by atoms with E-state index in [0.717, 1.165) is 51.3 Å². The van der Waals surface area contributed by atoms with E-state index in [9.17, 15) is 4.79 Å². The maximum atomic E-state index is 12.7. The van der Waals surface area contributed by atoms with E-state index in [-0.39, 0.29) is 17.4 Å². The number of hydrogen-bond donors (Lipinski definition) is 2. The zero-order valence-corrected chi connectivity index (χ0v) is 16.6. The van der Waals surface area contributed by atoms with E-state index in [2.05, 4.69) is 20.5 Å². The van der Waals surface area contributed by atoms with Crippen molar-refractivity contribution in [1.29, 1.82) is 0 Å². The molecule has 2 aliphatic heterocycles. The highest BCUT2D eigenvalue weighted by atomic mass is 16.5. The maximum Gasteiger partial charge on any atom is 0.230 e. The number of nitrogens with one attached hydrogen (secondary N) is 2. The van der Waals surface area contributed by atoms with Crippen molar-refractivity contribution < 1.29 is 9.53 Å². The molecule has 148 valence electrons. The molecule has 0 aromatic carbocycles. The van der Waals surface area contributed by atoms with Crippen LogP contribution in [0.5, 0.6) is 0 Å². The minimum atomic E-state index is -0.286. The van der Waals surface area contributed by atoms with Crippen LogP contribution in [0.4, 0.5) is 0 Å². The molecule has 2 N–H and O–H groups in total. The van der Waals surface area contributed by atoms with E-state index in [0.29, 0.717) is 12.6 Å². The number of rotatable bonds is 5. The van der Waals surface area contributed by atoms with E-state index in [1.54, 1.807) is 11.9 Å². The Morgan fingerprint density at radius 2 is 2.04 bits per heavy atom. The quantitative estimate of drug-likeness (QED) is 0.553. The highest BCUT2D eigenvalue weighted by molar-refractivity contribution is 5.85. The Morgan fingerprint density at radius 3 is 2.73 bits per heavy atom. The van der Waals surface area contributed by atoms with Crippen molar-refractivity contribution in [2.75, 3.05) is 53.9 Å². The third-order valence-electron chi connectivity index (χ3n) is 6.20. The molecule has 3 rings (SSSR count). The molecule has 0 aromatic rings. The second-order valence-corrected chi connectivity index (χ2v) is 8.24. The fourth-order valence-corrected chi connectivity index (χ4v) is 4.69. The standard InChI is InChI=1S/C19H35N5O2/c1-20-18(21-11-16-12-24-10-6-7-15(24)13-26-16)22-14-19(8-4-5-9-19)17(25)23(2)3/h15-16H,4-14H2,1-3H3,(H2,20,21,22). The van der Waals surface area contributed by atoms with Crippen molar-refractivity contribution >= 4 is 11.9 Å². The lowest BCUT2D eigenvalue weighted by molar-refractivity contribution is -0.138. The molecule has 2 atom stereocenters. The third kappa shape index (κ3) is 4.31. The van der Waals surface area contributed by atoms with E-state index in [1.165, 1.54) is 19.4 Å². The molecule has 1 saturated carbocycles. The van der Waals surface area contributed by atoms with Gasteiger partial charge in [-0.3, -0.25) is 14.7 Å². The van der Waals surface area contributed by atoms with Gasteiger partial charge in [-0.25, -0.2) is 0 Å². The molecule has 2 saturated heterocycles. The summed E-state index contributed by atoms with van der Waals surface area (Å²) < 4.78 is 6.01. The molecular weight excluding hydrogens is 330 g/mol. The largest absolute Gasteiger partial charge is 0.373 e. The number of fused-ring (bicyclic) bond motifs is 1. The van der Waals surface area contributed by atoms with Gasteiger partial charge in [0.2, 0.25) is 5.91 Å². The molecule has 0 aromatic heterocycles. The number of carbonyl (C=O) groups excluding carboxylic acids is 1. The SMILES string of the molecule is CN=C(NCC1CN2CCCC2CO1)NCC1(C(=O)N(C)C)CCCC1. The minimum absolute atomic E-state index is 0.201. The second kappa shape index (κ2) is 8.57. The van der Waals surface area contributed by atoms with Gasteiger partial charge < -0.3 is 20.3 Å². The summed E-state index contributed by atoms with van der Waals surface area (Å²) in [7, 11) is 5.48. The summed E-state index contributed by atoms with van der Waals surface area (Å²) >= 11 is 0. The van der Waals surface area contributed by atoms with E-state index in [4.69, 9.17) is 4.74 Å². The fraction of sp³-hybridized carbons (Fsp3) is 0.895. The first-order valence-corrected chi connectivity index (χ1v) is 10.1. The van der Waals surface area contributed by atoms with Crippen molar-refractivity contribution in [1.82, 2.24) is 20.4 Å². The van der Waals surface area contributed by atoms with Gasteiger partial charge in [-0.05, 0) is 32.2 Å². The summed E-state index contributed by atoms with van der Waals surface area (Å²) in [4.78, 5) is 21.3. The Morgan fingerprint density at radius 1 is 1.27 bits per heavy atom. The Bertz CT molecular complexity index is 516. The van der Waals surface area contributed by atoms with Gasteiger partial charge in [0.25, 0.3) is 0 Å². The summed E-state index contributed by atoms with van der Waals surface area (Å²) in [5, 5.41) is 6.79. The molecule has 1 aliphatic carbocycles.